The molecule has 31 heavy (non-hydrogen) atoms. The van der Waals surface area contributed by atoms with Crippen LogP contribution in [-0.2, 0) is 21.4 Å². The predicted molar refractivity (Wildman–Crippen MR) is 123 cm³/mol. The van der Waals surface area contributed by atoms with Gasteiger partial charge in [0.15, 0.2) is 0 Å². The molecule has 0 saturated heterocycles. The smallest absolute Gasteiger partial charge is 0.302 e. The fraction of sp³-hybridized carbons (Fsp3) is 0.571. The molecule has 0 radical (unpaired) electrons. The summed E-state index contributed by atoms with van der Waals surface area (Å²) in [6, 6.07) is 11.0. The first-order chi connectivity index (χ1) is 14.9. The van der Waals surface area contributed by atoms with Crippen LogP contribution < -0.4 is 0 Å². The summed E-state index contributed by atoms with van der Waals surface area (Å²) >= 11 is 0. The lowest BCUT2D eigenvalue weighted by Gasteiger charge is -2.57. The summed E-state index contributed by atoms with van der Waals surface area (Å²) in [5, 5.41) is 1.28. The van der Waals surface area contributed by atoms with Crippen LogP contribution in [0.1, 0.15) is 70.6 Å². The van der Waals surface area contributed by atoms with Crippen molar-refractivity contribution < 1.29 is 9.53 Å². The van der Waals surface area contributed by atoms with Crippen molar-refractivity contribution in [3.05, 3.63) is 53.2 Å². The van der Waals surface area contributed by atoms with Crippen molar-refractivity contribution in [2.45, 2.75) is 77.2 Å². The SMILES string of the molecule is CC(=O)O[C@H]1CC[C@@]2(C)C(=CC[C@@H]3[C@@H]2CC[C@]2(C)c4nc5ccccc5cc4C[C@@H]32)C1. The Morgan fingerprint density at radius 2 is 1.87 bits per heavy atom. The molecule has 0 unspecified atom stereocenters. The molecule has 0 amide bonds. The third-order valence-electron chi connectivity index (χ3n) is 9.56. The quantitative estimate of drug-likeness (QED) is 0.415. The standard InChI is InChI=1S/C28H33NO2/c1-17(30)31-21-10-12-27(2)20(16-21)8-9-22-23(27)11-13-28(3)24(22)15-19-14-18-6-4-5-7-25(18)29-26(19)28/h4-8,14,21-24H,9-13,15-16H2,1-3H3/t21-,22+,23-,24-,27-,28-/m0/s1. The minimum atomic E-state index is -0.139. The molecule has 2 fully saturated rings. The number of nitrogens with zero attached hydrogens (tertiary/aromatic N) is 1. The number of rotatable bonds is 1. The van der Waals surface area contributed by atoms with Gasteiger partial charge in [-0.25, -0.2) is 0 Å². The highest BCUT2D eigenvalue weighted by Gasteiger charge is 2.58. The molecule has 0 spiro atoms. The summed E-state index contributed by atoms with van der Waals surface area (Å²) in [6.07, 6.45) is 10.6. The maximum Gasteiger partial charge on any atom is 0.302 e. The molecule has 4 aliphatic rings. The number of aromatic nitrogens is 1. The van der Waals surface area contributed by atoms with E-state index in [1.807, 2.05) is 0 Å². The van der Waals surface area contributed by atoms with E-state index >= 15 is 0 Å². The van der Waals surface area contributed by atoms with Crippen LogP contribution in [0.25, 0.3) is 10.9 Å². The third kappa shape index (κ3) is 2.78. The molecule has 6 rings (SSSR count). The average molecular weight is 416 g/mol. The molecular formula is C28H33NO2. The fourth-order valence-corrected chi connectivity index (χ4v) is 8.00. The van der Waals surface area contributed by atoms with Crippen molar-refractivity contribution in [1.29, 1.82) is 0 Å². The van der Waals surface area contributed by atoms with Gasteiger partial charge in [0.2, 0.25) is 0 Å². The number of para-hydroxylation sites is 1. The van der Waals surface area contributed by atoms with E-state index in [-0.39, 0.29) is 22.9 Å². The van der Waals surface area contributed by atoms with Crippen LogP contribution in [0.15, 0.2) is 42.0 Å². The molecule has 1 aromatic carbocycles. The highest BCUT2D eigenvalue weighted by atomic mass is 16.5. The molecule has 0 N–H and O–H groups in total. The molecule has 3 nitrogen and oxygen atoms in total. The van der Waals surface area contributed by atoms with Crippen molar-refractivity contribution in [3.8, 4) is 0 Å². The molecule has 1 aromatic heterocycles. The molecule has 162 valence electrons. The van der Waals surface area contributed by atoms with Crippen molar-refractivity contribution in [1.82, 2.24) is 4.98 Å². The van der Waals surface area contributed by atoms with Gasteiger partial charge < -0.3 is 4.74 Å². The Labute approximate surface area is 185 Å². The van der Waals surface area contributed by atoms with Gasteiger partial charge in [0.05, 0.1) is 11.2 Å². The number of hydrogen-bond donors (Lipinski definition) is 0. The Kier molecular flexibility index (Phi) is 4.20. The molecule has 1 heterocycles. The van der Waals surface area contributed by atoms with Gasteiger partial charge in [-0.05, 0) is 79.4 Å². The lowest BCUT2D eigenvalue weighted by molar-refractivity contribution is -0.148. The maximum absolute atomic E-state index is 11.5. The maximum atomic E-state index is 11.5. The first kappa shape index (κ1) is 19.5. The van der Waals surface area contributed by atoms with Gasteiger partial charge in [0.25, 0.3) is 0 Å². The van der Waals surface area contributed by atoms with Gasteiger partial charge in [0.1, 0.15) is 6.10 Å². The van der Waals surface area contributed by atoms with Gasteiger partial charge in [-0.2, -0.15) is 0 Å². The van der Waals surface area contributed by atoms with Gasteiger partial charge in [-0.1, -0.05) is 43.7 Å². The predicted octanol–water partition coefficient (Wildman–Crippen LogP) is 6.14. The number of ether oxygens (including phenoxy) is 1. The van der Waals surface area contributed by atoms with E-state index < -0.39 is 0 Å². The van der Waals surface area contributed by atoms with Crippen LogP contribution >= 0.6 is 0 Å². The number of allylic oxidation sites excluding steroid dienone is 1. The second-order valence-corrected chi connectivity index (χ2v) is 11.1. The molecular weight excluding hydrogens is 382 g/mol. The van der Waals surface area contributed by atoms with Crippen LogP contribution in [0.3, 0.4) is 0 Å². The zero-order valence-electron chi connectivity index (χ0n) is 19.0. The van der Waals surface area contributed by atoms with Crippen molar-refractivity contribution in [3.63, 3.8) is 0 Å². The highest BCUT2D eigenvalue weighted by molar-refractivity contribution is 5.80. The molecule has 0 bridgehead atoms. The van der Waals surface area contributed by atoms with Crippen LogP contribution in [0.5, 0.6) is 0 Å². The normalized spacial score (nSPS) is 38.5. The Morgan fingerprint density at radius 3 is 2.71 bits per heavy atom. The number of benzene rings is 1. The summed E-state index contributed by atoms with van der Waals surface area (Å²) in [5.74, 6) is 2.02. The van der Waals surface area contributed by atoms with Crippen LogP contribution in [0.2, 0.25) is 0 Å². The molecule has 0 aliphatic heterocycles. The minimum absolute atomic E-state index is 0.0783. The summed E-state index contributed by atoms with van der Waals surface area (Å²) in [4.78, 5) is 16.7. The van der Waals surface area contributed by atoms with Gasteiger partial charge in [-0.3, -0.25) is 9.78 Å². The van der Waals surface area contributed by atoms with E-state index in [2.05, 4.69) is 50.3 Å². The first-order valence-electron chi connectivity index (χ1n) is 12.1. The largest absolute Gasteiger partial charge is 0.462 e. The summed E-state index contributed by atoms with van der Waals surface area (Å²) in [5.41, 5.74) is 6.06. The van der Waals surface area contributed by atoms with Crippen molar-refractivity contribution in [2.24, 2.45) is 23.2 Å². The average Bonchev–Trinajstić information content (AvgIpc) is 3.04. The zero-order chi connectivity index (χ0) is 21.4. The fourth-order valence-electron chi connectivity index (χ4n) is 8.00. The number of carbonyl (C=O) groups is 1. The van der Waals surface area contributed by atoms with Crippen molar-refractivity contribution in [2.75, 3.05) is 0 Å². The number of esters is 1. The van der Waals surface area contributed by atoms with E-state index in [4.69, 9.17) is 9.72 Å². The molecule has 3 heteroatoms. The number of carbonyl (C=O) groups excluding carboxylic acids is 1. The van der Waals surface area contributed by atoms with Gasteiger partial charge >= 0.3 is 5.97 Å². The second kappa shape index (κ2) is 6.67. The third-order valence-corrected chi connectivity index (χ3v) is 9.56. The zero-order valence-corrected chi connectivity index (χ0v) is 19.0. The first-order valence-corrected chi connectivity index (χ1v) is 12.1. The Balaban J connectivity index is 1.34. The Hall–Kier alpha value is -2.16. The summed E-state index contributed by atoms with van der Waals surface area (Å²) in [6.45, 7) is 6.55. The van der Waals surface area contributed by atoms with Crippen LogP contribution in [-0.4, -0.2) is 17.1 Å². The summed E-state index contributed by atoms with van der Waals surface area (Å²) < 4.78 is 5.60. The molecule has 4 aliphatic carbocycles. The number of fused-ring (bicyclic) bond motifs is 8. The minimum Gasteiger partial charge on any atom is -0.462 e. The number of hydrogen-bond acceptors (Lipinski definition) is 3. The molecule has 6 atom stereocenters. The monoisotopic (exact) mass is 415 g/mol. The van der Waals surface area contributed by atoms with Gasteiger partial charge in [-0.15, -0.1) is 0 Å². The van der Waals surface area contributed by atoms with Crippen LogP contribution in [0, 0.1) is 23.2 Å². The Morgan fingerprint density at radius 1 is 1.06 bits per heavy atom. The lowest BCUT2D eigenvalue weighted by atomic mass is 9.48. The summed E-state index contributed by atoms with van der Waals surface area (Å²) in [7, 11) is 0. The van der Waals surface area contributed by atoms with Crippen LogP contribution in [0.4, 0.5) is 0 Å². The molecule has 2 saturated carbocycles. The second-order valence-electron chi connectivity index (χ2n) is 11.1. The topological polar surface area (TPSA) is 39.2 Å². The molecule has 2 aromatic rings. The lowest BCUT2D eigenvalue weighted by Crippen LogP contribution is -2.51. The van der Waals surface area contributed by atoms with E-state index in [9.17, 15) is 4.79 Å². The van der Waals surface area contributed by atoms with E-state index in [1.165, 1.54) is 49.3 Å². The highest BCUT2D eigenvalue weighted by Crippen LogP contribution is 2.64. The van der Waals surface area contributed by atoms with Gasteiger partial charge in [0, 0.05) is 24.1 Å². The Bertz CT molecular complexity index is 1100. The van der Waals surface area contributed by atoms with Crippen molar-refractivity contribution >= 4 is 16.9 Å². The van der Waals surface area contributed by atoms with E-state index in [0.717, 1.165) is 36.6 Å². The van der Waals surface area contributed by atoms with E-state index in [0.29, 0.717) is 5.92 Å². The number of pyridine rings is 1. The van der Waals surface area contributed by atoms with E-state index in [1.54, 1.807) is 5.57 Å².